The van der Waals surface area contributed by atoms with Gasteiger partial charge in [0.1, 0.15) is 12.4 Å². The molecule has 1 aliphatic carbocycles. The Bertz CT molecular complexity index is 881. The molecule has 0 fully saturated rings. The van der Waals surface area contributed by atoms with Crippen LogP contribution in [0.1, 0.15) is 57.8 Å². The van der Waals surface area contributed by atoms with Gasteiger partial charge in [0.05, 0.1) is 18.3 Å². The summed E-state index contributed by atoms with van der Waals surface area (Å²) >= 11 is 0. The van der Waals surface area contributed by atoms with Crippen molar-refractivity contribution in [3.8, 4) is 0 Å². The van der Waals surface area contributed by atoms with E-state index in [9.17, 15) is 23.2 Å². The lowest BCUT2D eigenvalue weighted by Gasteiger charge is -2.19. The summed E-state index contributed by atoms with van der Waals surface area (Å²) in [5.41, 5.74) is 0.175. The van der Waals surface area contributed by atoms with Crippen molar-refractivity contribution in [1.82, 2.24) is 0 Å². The molecule has 0 aliphatic heterocycles. The first-order chi connectivity index (χ1) is 18.8. The number of ether oxygens (including phenoxy) is 5. The Balaban J connectivity index is 2.29. The molecule has 0 spiro atoms. The average molecular weight is 555 g/mol. The predicted octanol–water partition coefficient (Wildman–Crippen LogP) is 5.54. The summed E-state index contributed by atoms with van der Waals surface area (Å²) in [5, 5.41) is 0. The van der Waals surface area contributed by atoms with Crippen LogP contribution in [-0.4, -0.2) is 63.2 Å². The second-order valence-electron chi connectivity index (χ2n) is 8.78. The largest absolute Gasteiger partial charge is 0.463 e. The SMILES string of the molecule is C=CC(=O)OCCCCCOC(C=C)CCCC(=O)OC1C=CC(C(=O)OC(CCCOC)/C(F)=C/F)=CC1. The minimum atomic E-state index is -1.33. The lowest BCUT2D eigenvalue weighted by Crippen LogP contribution is -2.23. The number of unbranched alkanes of at least 4 members (excludes halogenated alkanes) is 2. The third-order valence-electron chi connectivity index (χ3n) is 5.72. The molecule has 0 aromatic carbocycles. The molecule has 0 radical (unpaired) electrons. The first-order valence-electron chi connectivity index (χ1n) is 13.1. The molecule has 3 atom stereocenters. The molecule has 10 heteroatoms. The van der Waals surface area contributed by atoms with Gasteiger partial charge in [-0.15, -0.1) is 6.58 Å². The summed E-state index contributed by atoms with van der Waals surface area (Å²) in [6.45, 7) is 8.31. The average Bonchev–Trinajstić information content (AvgIpc) is 2.94. The zero-order valence-electron chi connectivity index (χ0n) is 22.6. The third kappa shape index (κ3) is 15.2. The van der Waals surface area contributed by atoms with E-state index in [1.807, 2.05) is 0 Å². The maximum Gasteiger partial charge on any atom is 0.338 e. The van der Waals surface area contributed by atoms with Crippen molar-refractivity contribution in [1.29, 1.82) is 0 Å². The number of halogens is 2. The normalized spacial score (nSPS) is 16.5. The van der Waals surface area contributed by atoms with E-state index in [2.05, 4.69) is 13.2 Å². The molecular weight excluding hydrogens is 514 g/mol. The Morgan fingerprint density at radius 2 is 1.85 bits per heavy atom. The van der Waals surface area contributed by atoms with E-state index < -0.39 is 30.0 Å². The van der Waals surface area contributed by atoms with Crippen LogP contribution in [0.4, 0.5) is 8.78 Å². The van der Waals surface area contributed by atoms with Gasteiger partial charge in [0.2, 0.25) is 0 Å². The lowest BCUT2D eigenvalue weighted by molar-refractivity contribution is -0.147. The fraction of sp³-hybridized carbons (Fsp3) is 0.552. The summed E-state index contributed by atoms with van der Waals surface area (Å²) < 4.78 is 52.5. The van der Waals surface area contributed by atoms with E-state index in [-0.39, 0.29) is 43.2 Å². The first-order valence-corrected chi connectivity index (χ1v) is 13.1. The van der Waals surface area contributed by atoms with Gasteiger partial charge < -0.3 is 23.7 Å². The van der Waals surface area contributed by atoms with Gasteiger partial charge in [-0.1, -0.05) is 18.7 Å². The zero-order chi connectivity index (χ0) is 28.9. The molecule has 1 rings (SSSR count). The van der Waals surface area contributed by atoms with Crippen molar-refractivity contribution >= 4 is 17.9 Å². The predicted molar refractivity (Wildman–Crippen MR) is 142 cm³/mol. The van der Waals surface area contributed by atoms with Crippen LogP contribution in [0, 0.1) is 0 Å². The standard InChI is InChI=1S/C29H40F2O8/c1-4-23(36-19-7-6-8-20-37-27(32)5-2)11-9-13-28(33)38-24-16-14-22(15-17-24)29(34)39-26(25(31)21-30)12-10-18-35-3/h4-5,14-16,21,23-24,26H,1-2,6-13,17-20H2,3H3/b25-21-. The Kier molecular flexibility index (Phi) is 18.1. The monoisotopic (exact) mass is 554 g/mol. The van der Waals surface area contributed by atoms with Gasteiger partial charge in [0.15, 0.2) is 11.9 Å². The molecule has 0 saturated carbocycles. The smallest absolute Gasteiger partial charge is 0.338 e. The van der Waals surface area contributed by atoms with Gasteiger partial charge >= 0.3 is 17.9 Å². The van der Waals surface area contributed by atoms with Gasteiger partial charge in [0, 0.05) is 39.2 Å². The molecule has 0 saturated heterocycles. The molecule has 0 heterocycles. The highest BCUT2D eigenvalue weighted by Gasteiger charge is 2.23. The Hall–Kier alpha value is -3.11. The summed E-state index contributed by atoms with van der Waals surface area (Å²) in [4.78, 5) is 35.6. The molecular formula is C29H40F2O8. The zero-order valence-corrected chi connectivity index (χ0v) is 22.6. The Morgan fingerprint density at radius 3 is 2.49 bits per heavy atom. The molecule has 39 heavy (non-hydrogen) atoms. The lowest BCUT2D eigenvalue weighted by atomic mass is 10.0. The van der Waals surface area contributed by atoms with E-state index in [4.69, 9.17) is 23.7 Å². The van der Waals surface area contributed by atoms with Crippen LogP contribution in [-0.2, 0) is 38.1 Å². The van der Waals surface area contributed by atoms with Crippen LogP contribution in [0.3, 0.4) is 0 Å². The fourth-order valence-electron chi connectivity index (χ4n) is 3.57. The van der Waals surface area contributed by atoms with Crippen LogP contribution in [0.2, 0.25) is 0 Å². The summed E-state index contributed by atoms with van der Waals surface area (Å²) in [6, 6.07) is 0. The van der Waals surface area contributed by atoms with Crippen molar-refractivity contribution in [3.05, 3.63) is 61.3 Å². The van der Waals surface area contributed by atoms with Gasteiger partial charge in [-0.3, -0.25) is 4.79 Å². The minimum absolute atomic E-state index is 0.0792. The van der Waals surface area contributed by atoms with Crippen LogP contribution in [0.25, 0.3) is 0 Å². The highest BCUT2D eigenvalue weighted by Crippen LogP contribution is 2.21. The molecule has 0 amide bonds. The van der Waals surface area contributed by atoms with Gasteiger partial charge in [-0.05, 0) is 57.1 Å². The van der Waals surface area contributed by atoms with Gasteiger partial charge in [-0.25, -0.2) is 18.4 Å². The molecule has 0 aromatic heterocycles. The number of rotatable bonds is 21. The van der Waals surface area contributed by atoms with E-state index in [1.165, 1.54) is 19.3 Å². The topological polar surface area (TPSA) is 97.4 Å². The van der Waals surface area contributed by atoms with E-state index in [0.717, 1.165) is 25.3 Å². The van der Waals surface area contributed by atoms with Crippen molar-refractivity contribution in [2.45, 2.75) is 76.1 Å². The van der Waals surface area contributed by atoms with Crippen LogP contribution in [0.15, 0.2) is 61.3 Å². The number of hydrogen-bond donors (Lipinski definition) is 0. The third-order valence-corrected chi connectivity index (χ3v) is 5.72. The Morgan fingerprint density at radius 1 is 1.08 bits per heavy atom. The maximum atomic E-state index is 13.7. The van der Waals surface area contributed by atoms with E-state index in [1.54, 1.807) is 12.2 Å². The van der Waals surface area contributed by atoms with Crippen molar-refractivity contribution in [2.75, 3.05) is 26.9 Å². The fourth-order valence-corrected chi connectivity index (χ4v) is 3.57. The molecule has 0 aromatic rings. The quantitative estimate of drug-likeness (QED) is 0.0600. The van der Waals surface area contributed by atoms with E-state index in [0.29, 0.717) is 39.1 Å². The second kappa shape index (κ2) is 20.8. The van der Waals surface area contributed by atoms with Crippen molar-refractivity contribution < 1.29 is 46.8 Å². The minimum Gasteiger partial charge on any atom is -0.463 e. The number of carbonyl (C=O) groups is 3. The summed E-state index contributed by atoms with van der Waals surface area (Å²) in [7, 11) is 1.48. The highest BCUT2D eigenvalue weighted by atomic mass is 19.2. The molecule has 1 aliphatic rings. The van der Waals surface area contributed by atoms with Crippen LogP contribution >= 0.6 is 0 Å². The van der Waals surface area contributed by atoms with Crippen molar-refractivity contribution in [3.63, 3.8) is 0 Å². The molecule has 8 nitrogen and oxygen atoms in total. The summed E-state index contributed by atoms with van der Waals surface area (Å²) in [6.07, 6.45) is 9.59. The number of carbonyl (C=O) groups excluding carboxylic acids is 3. The van der Waals surface area contributed by atoms with Gasteiger partial charge in [0.25, 0.3) is 0 Å². The van der Waals surface area contributed by atoms with Gasteiger partial charge in [-0.2, -0.15) is 0 Å². The first kappa shape index (κ1) is 33.9. The second-order valence-corrected chi connectivity index (χ2v) is 8.78. The molecule has 3 unspecified atom stereocenters. The highest BCUT2D eigenvalue weighted by molar-refractivity contribution is 5.92. The van der Waals surface area contributed by atoms with E-state index >= 15 is 0 Å². The van der Waals surface area contributed by atoms with Crippen LogP contribution < -0.4 is 0 Å². The molecule has 0 bridgehead atoms. The number of methoxy groups -OCH3 is 1. The number of hydrogen-bond acceptors (Lipinski definition) is 8. The Labute approximate surface area is 229 Å². The maximum absolute atomic E-state index is 13.7. The molecule has 0 N–H and O–H groups in total. The molecule has 218 valence electrons. The van der Waals surface area contributed by atoms with Crippen LogP contribution in [0.5, 0.6) is 0 Å². The van der Waals surface area contributed by atoms with Crippen molar-refractivity contribution in [2.24, 2.45) is 0 Å². The number of esters is 3. The summed E-state index contributed by atoms with van der Waals surface area (Å²) in [5.74, 6) is -2.77.